The number of nitrogens with two attached hydrogens (primary N) is 1. The summed E-state index contributed by atoms with van der Waals surface area (Å²) in [5.41, 5.74) is 6.36. The lowest BCUT2D eigenvalue weighted by molar-refractivity contribution is -0.155. The van der Waals surface area contributed by atoms with Crippen LogP contribution in [-0.2, 0) is 9.53 Å². The first-order valence-corrected chi connectivity index (χ1v) is 7.78. The van der Waals surface area contributed by atoms with Gasteiger partial charge in [0.15, 0.2) is 12.4 Å². The van der Waals surface area contributed by atoms with E-state index in [1.54, 1.807) is 48.5 Å². The minimum absolute atomic E-state index is 0. The van der Waals surface area contributed by atoms with E-state index >= 15 is 0 Å². The highest BCUT2D eigenvalue weighted by atomic mass is 19.3. The molecule has 6 heteroatoms. The monoisotopic (exact) mass is 349 g/mol. The number of esters is 1. The Labute approximate surface area is 146 Å². The van der Waals surface area contributed by atoms with Crippen LogP contribution in [0.3, 0.4) is 0 Å². The summed E-state index contributed by atoms with van der Waals surface area (Å²) in [5, 5.41) is 0. The standard InChI is InChI=1S/C19H19F2NO3.H2/c1-13(18(24)25-12-19(20,21)11-22)15-8-5-9-16(10-15)17(23)14-6-3-2-4-7-14;/h2-10,13H,11-12,22H2,1H3;1H/t13-;/m1./s1. The molecule has 0 unspecified atom stereocenters. The molecule has 0 bridgehead atoms. The Balaban J connectivity index is 0.00000338. The van der Waals surface area contributed by atoms with Gasteiger partial charge in [0.2, 0.25) is 0 Å². The topological polar surface area (TPSA) is 69.4 Å². The van der Waals surface area contributed by atoms with Gasteiger partial charge in [0.25, 0.3) is 5.92 Å². The molecule has 134 valence electrons. The van der Waals surface area contributed by atoms with Crippen molar-refractivity contribution in [3.8, 4) is 0 Å². The Morgan fingerprint density at radius 1 is 1.12 bits per heavy atom. The van der Waals surface area contributed by atoms with Gasteiger partial charge in [0.05, 0.1) is 12.5 Å². The molecular weight excluding hydrogens is 328 g/mol. The predicted octanol–water partition coefficient (Wildman–Crippen LogP) is 3.40. The minimum atomic E-state index is -3.25. The van der Waals surface area contributed by atoms with E-state index in [2.05, 4.69) is 4.74 Å². The van der Waals surface area contributed by atoms with Gasteiger partial charge in [-0.2, -0.15) is 0 Å². The second kappa shape index (κ2) is 7.98. The normalized spacial score (nSPS) is 12.5. The van der Waals surface area contributed by atoms with E-state index in [0.29, 0.717) is 16.7 Å². The number of carbonyl (C=O) groups is 2. The predicted molar refractivity (Wildman–Crippen MR) is 91.8 cm³/mol. The molecule has 1 atom stereocenters. The second-order valence-electron chi connectivity index (χ2n) is 5.71. The lowest BCUT2D eigenvalue weighted by Crippen LogP contribution is -2.34. The van der Waals surface area contributed by atoms with Crippen LogP contribution in [0.15, 0.2) is 54.6 Å². The van der Waals surface area contributed by atoms with Crippen LogP contribution < -0.4 is 5.73 Å². The number of hydrogen-bond acceptors (Lipinski definition) is 4. The highest BCUT2D eigenvalue weighted by Crippen LogP contribution is 2.21. The maximum atomic E-state index is 13.1. The molecule has 0 fully saturated rings. The fraction of sp³-hybridized carbons (Fsp3) is 0.263. The fourth-order valence-corrected chi connectivity index (χ4v) is 2.20. The van der Waals surface area contributed by atoms with Crippen molar-refractivity contribution < 1.29 is 24.5 Å². The summed E-state index contributed by atoms with van der Waals surface area (Å²) in [4.78, 5) is 24.4. The first kappa shape index (κ1) is 18.7. The fourth-order valence-electron chi connectivity index (χ4n) is 2.20. The number of carbonyl (C=O) groups excluding carboxylic acids is 2. The van der Waals surface area contributed by atoms with Crippen molar-refractivity contribution in [3.05, 3.63) is 71.3 Å². The summed E-state index contributed by atoms with van der Waals surface area (Å²) >= 11 is 0. The molecule has 2 aromatic rings. The minimum Gasteiger partial charge on any atom is -0.459 e. The molecule has 25 heavy (non-hydrogen) atoms. The molecule has 2 rings (SSSR count). The third-order valence-corrected chi connectivity index (χ3v) is 3.76. The molecular formula is C19H21F2NO3. The van der Waals surface area contributed by atoms with Gasteiger partial charge in [-0.15, -0.1) is 0 Å². The molecule has 0 aromatic heterocycles. The quantitative estimate of drug-likeness (QED) is 0.614. The summed E-state index contributed by atoms with van der Waals surface area (Å²) in [7, 11) is 0. The van der Waals surface area contributed by atoms with Gasteiger partial charge in [-0.25, -0.2) is 8.78 Å². The maximum Gasteiger partial charge on any atom is 0.313 e. The molecule has 4 nitrogen and oxygen atoms in total. The SMILES string of the molecule is C[C@@H](C(=O)OCC(F)(F)CN)c1cccc(C(=O)c2ccccc2)c1.[HH]. The zero-order chi connectivity index (χ0) is 18.4. The maximum absolute atomic E-state index is 13.1. The van der Waals surface area contributed by atoms with E-state index in [-0.39, 0.29) is 7.21 Å². The van der Waals surface area contributed by atoms with Gasteiger partial charge < -0.3 is 10.5 Å². The smallest absolute Gasteiger partial charge is 0.313 e. The summed E-state index contributed by atoms with van der Waals surface area (Å²) in [6.07, 6.45) is 0. The van der Waals surface area contributed by atoms with Crippen LogP contribution in [0.2, 0.25) is 0 Å². The van der Waals surface area contributed by atoms with Crippen molar-refractivity contribution in [2.24, 2.45) is 5.73 Å². The van der Waals surface area contributed by atoms with Gasteiger partial charge in [-0.1, -0.05) is 48.5 Å². The number of benzene rings is 2. The Bertz CT molecular complexity index is 753. The number of alkyl halides is 2. The van der Waals surface area contributed by atoms with Crippen LogP contribution in [0.4, 0.5) is 8.78 Å². The lowest BCUT2D eigenvalue weighted by Gasteiger charge is -2.17. The van der Waals surface area contributed by atoms with Crippen molar-refractivity contribution >= 4 is 11.8 Å². The van der Waals surface area contributed by atoms with Crippen molar-refractivity contribution in [1.82, 2.24) is 0 Å². The molecule has 0 aliphatic carbocycles. The van der Waals surface area contributed by atoms with Gasteiger partial charge in [0, 0.05) is 12.6 Å². The molecule has 0 saturated carbocycles. The van der Waals surface area contributed by atoms with Crippen molar-refractivity contribution in [2.75, 3.05) is 13.2 Å². The molecule has 0 saturated heterocycles. The zero-order valence-electron chi connectivity index (χ0n) is 13.7. The van der Waals surface area contributed by atoms with Crippen molar-refractivity contribution in [2.45, 2.75) is 18.8 Å². The molecule has 0 aliphatic rings. The lowest BCUT2D eigenvalue weighted by atomic mass is 9.96. The van der Waals surface area contributed by atoms with Crippen molar-refractivity contribution in [1.29, 1.82) is 0 Å². The van der Waals surface area contributed by atoms with Crippen LogP contribution in [0.1, 0.15) is 35.8 Å². The molecule has 2 N–H and O–H groups in total. The Hall–Kier alpha value is -2.60. The van der Waals surface area contributed by atoms with Gasteiger partial charge >= 0.3 is 5.97 Å². The largest absolute Gasteiger partial charge is 0.459 e. The van der Waals surface area contributed by atoms with Crippen LogP contribution >= 0.6 is 0 Å². The average Bonchev–Trinajstić information content (AvgIpc) is 2.65. The highest BCUT2D eigenvalue weighted by Gasteiger charge is 2.30. The molecule has 2 aromatic carbocycles. The first-order chi connectivity index (χ1) is 11.8. The number of rotatable bonds is 7. The van der Waals surface area contributed by atoms with Gasteiger partial charge in [0.1, 0.15) is 0 Å². The second-order valence-corrected chi connectivity index (χ2v) is 5.71. The third kappa shape index (κ3) is 4.93. The first-order valence-electron chi connectivity index (χ1n) is 7.78. The number of hydrogen-bond donors (Lipinski definition) is 1. The molecule has 0 heterocycles. The van der Waals surface area contributed by atoms with Gasteiger partial charge in [-0.05, 0) is 18.6 Å². The van der Waals surface area contributed by atoms with Crippen LogP contribution in [0.5, 0.6) is 0 Å². The summed E-state index contributed by atoms with van der Waals surface area (Å²) in [6, 6.07) is 15.2. The van der Waals surface area contributed by atoms with E-state index in [0.717, 1.165) is 0 Å². The summed E-state index contributed by atoms with van der Waals surface area (Å²) < 4.78 is 30.8. The van der Waals surface area contributed by atoms with E-state index in [4.69, 9.17) is 5.73 Å². The van der Waals surface area contributed by atoms with Crippen LogP contribution in [-0.4, -0.2) is 30.8 Å². The number of halogens is 2. The zero-order valence-corrected chi connectivity index (χ0v) is 13.7. The van der Waals surface area contributed by atoms with Gasteiger partial charge in [-0.3, -0.25) is 9.59 Å². The van der Waals surface area contributed by atoms with E-state index in [1.165, 1.54) is 6.92 Å². The number of ketones is 1. The van der Waals surface area contributed by atoms with E-state index in [1.807, 2.05) is 6.07 Å². The van der Waals surface area contributed by atoms with E-state index < -0.39 is 31.0 Å². The molecule has 0 aliphatic heterocycles. The Morgan fingerprint density at radius 2 is 1.76 bits per heavy atom. The highest BCUT2D eigenvalue weighted by molar-refractivity contribution is 6.09. The Morgan fingerprint density at radius 3 is 2.40 bits per heavy atom. The average molecular weight is 349 g/mol. The van der Waals surface area contributed by atoms with Crippen LogP contribution in [0, 0.1) is 0 Å². The summed E-state index contributed by atoms with van der Waals surface area (Å²) in [5.74, 6) is -5.01. The number of ether oxygens (including phenoxy) is 1. The van der Waals surface area contributed by atoms with Crippen LogP contribution in [0.25, 0.3) is 0 Å². The van der Waals surface area contributed by atoms with E-state index in [9.17, 15) is 18.4 Å². The summed E-state index contributed by atoms with van der Waals surface area (Å²) in [6.45, 7) is -0.417. The Kier molecular flexibility index (Phi) is 5.98. The third-order valence-electron chi connectivity index (χ3n) is 3.76. The molecule has 0 spiro atoms. The molecule has 0 radical (unpaired) electrons. The van der Waals surface area contributed by atoms with Crippen molar-refractivity contribution in [3.63, 3.8) is 0 Å². The molecule has 0 amide bonds.